The first-order valence-electron chi connectivity index (χ1n) is 9.49. The quantitative estimate of drug-likeness (QED) is 0.581. The van der Waals surface area contributed by atoms with Crippen LogP contribution in [0, 0.1) is 0 Å². The Hall–Kier alpha value is -2.71. The molecule has 0 saturated carbocycles. The summed E-state index contributed by atoms with van der Waals surface area (Å²) >= 11 is 1.59. The van der Waals surface area contributed by atoms with Gasteiger partial charge in [0.2, 0.25) is 11.8 Å². The smallest absolute Gasteiger partial charge is 0.338 e. The summed E-state index contributed by atoms with van der Waals surface area (Å²) in [6.07, 6.45) is -0.190. The minimum absolute atomic E-state index is 0.0973. The van der Waals surface area contributed by atoms with Gasteiger partial charge in [0, 0.05) is 10.6 Å². The molecule has 1 aromatic carbocycles. The molecule has 0 aliphatic heterocycles. The van der Waals surface area contributed by atoms with Crippen molar-refractivity contribution < 1.29 is 19.1 Å². The summed E-state index contributed by atoms with van der Waals surface area (Å²) in [5.41, 5.74) is 1.00. The lowest BCUT2D eigenvalue weighted by atomic mass is 10.2. The molecule has 0 saturated heterocycles. The molecule has 0 unspecified atom stereocenters. The van der Waals surface area contributed by atoms with Crippen LogP contribution in [0.2, 0.25) is 0 Å². The topological polar surface area (TPSA) is 87.7 Å². The van der Waals surface area contributed by atoms with Gasteiger partial charge in [0.15, 0.2) is 0 Å². The minimum atomic E-state index is -0.399. The molecule has 0 fully saturated rings. The van der Waals surface area contributed by atoms with E-state index in [1.165, 1.54) is 0 Å². The van der Waals surface area contributed by atoms with Crippen molar-refractivity contribution in [3.8, 4) is 0 Å². The second-order valence-electron chi connectivity index (χ2n) is 6.74. The van der Waals surface area contributed by atoms with Crippen molar-refractivity contribution in [2.75, 3.05) is 25.0 Å². The molecular formula is C21H27N3O4S. The van der Waals surface area contributed by atoms with Crippen LogP contribution in [0.1, 0.15) is 36.0 Å². The van der Waals surface area contributed by atoms with Crippen molar-refractivity contribution in [1.82, 2.24) is 10.2 Å². The first kappa shape index (κ1) is 22.6. The first-order chi connectivity index (χ1) is 13.9. The molecule has 2 N–H and O–H groups in total. The average Bonchev–Trinajstić information content (AvgIpc) is 3.19. The highest BCUT2D eigenvalue weighted by atomic mass is 32.1. The van der Waals surface area contributed by atoms with Gasteiger partial charge in [0.25, 0.3) is 0 Å². The number of esters is 1. The number of thiophene rings is 1. The van der Waals surface area contributed by atoms with Gasteiger partial charge in [-0.05, 0) is 56.1 Å². The number of rotatable bonds is 10. The van der Waals surface area contributed by atoms with E-state index in [-0.39, 0.29) is 31.0 Å². The van der Waals surface area contributed by atoms with E-state index in [9.17, 15) is 14.4 Å². The molecule has 1 aromatic heterocycles. The van der Waals surface area contributed by atoms with Gasteiger partial charge in [-0.2, -0.15) is 0 Å². The van der Waals surface area contributed by atoms with Gasteiger partial charge < -0.3 is 15.4 Å². The Morgan fingerprint density at radius 2 is 1.76 bits per heavy atom. The number of ether oxygens (including phenoxy) is 1. The lowest BCUT2D eigenvalue weighted by molar-refractivity contribution is -0.123. The van der Waals surface area contributed by atoms with Crippen LogP contribution in [0.15, 0.2) is 41.8 Å². The SMILES string of the molecule is CCN(CC(=O)NCc1cccs1)CC(=O)Nc1ccc(C(=O)OC(C)C)cc1. The molecule has 29 heavy (non-hydrogen) atoms. The van der Waals surface area contributed by atoms with Crippen molar-refractivity contribution in [3.63, 3.8) is 0 Å². The zero-order valence-corrected chi connectivity index (χ0v) is 17.8. The summed E-state index contributed by atoms with van der Waals surface area (Å²) in [6.45, 7) is 6.78. The minimum Gasteiger partial charge on any atom is -0.459 e. The molecule has 2 amide bonds. The summed E-state index contributed by atoms with van der Waals surface area (Å²) in [5, 5.41) is 7.60. The van der Waals surface area contributed by atoms with Crippen LogP contribution >= 0.6 is 11.3 Å². The Balaban J connectivity index is 1.80. The zero-order chi connectivity index (χ0) is 21.2. The van der Waals surface area contributed by atoms with Crippen LogP contribution in [-0.4, -0.2) is 48.4 Å². The average molecular weight is 418 g/mol. The number of benzene rings is 1. The summed E-state index contributed by atoms with van der Waals surface area (Å²) < 4.78 is 5.13. The van der Waals surface area contributed by atoms with Crippen LogP contribution < -0.4 is 10.6 Å². The summed E-state index contributed by atoms with van der Waals surface area (Å²) in [6, 6.07) is 10.4. The van der Waals surface area contributed by atoms with E-state index in [1.54, 1.807) is 54.3 Å². The van der Waals surface area contributed by atoms with Crippen molar-refractivity contribution in [2.24, 2.45) is 0 Å². The highest BCUT2D eigenvalue weighted by Crippen LogP contribution is 2.11. The number of likely N-dealkylation sites (N-methyl/N-ethyl adjacent to an activating group) is 1. The largest absolute Gasteiger partial charge is 0.459 e. The summed E-state index contributed by atoms with van der Waals surface area (Å²) in [4.78, 5) is 39.1. The number of nitrogens with zero attached hydrogens (tertiary/aromatic N) is 1. The van der Waals surface area contributed by atoms with Crippen molar-refractivity contribution in [3.05, 3.63) is 52.2 Å². The fourth-order valence-electron chi connectivity index (χ4n) is 2.51. The van der Waals surface area contributed by atoms with Gasteiger partial charge in [-0.3, -0.25) is 14.5 Å². The second-order valence-corrected chi connectivity index (χ2v) is 7.77. The van der Waals surface area contributed by atoms with Crippen LogP contribution in [-0.2, 0) is 20.9 Å². The van der Waals surface area contributed by atoms with Crippen LogP contribution in [0.4, 0.5) is 5.69 Å². The maximum atomic E-state index is 12.3. The third-order valence-corrected chi connectivity index (χ3v) is 4.85. The molecule has 0 bridgehead atoms. The number of amides is 2. The number of carbonyl (C=O) groups is 3. The Morgan fingerprint density at radius 1 is 1.07 bits per heavy atom. The van der Waals surface area contributed by atoms with Gasteiger partial charge in [0.05, 0.1) is 31.3 Å². The molecule has 2 rings (SSSR count). The maximum absolute atomic E-state index is 12.3. The summed E-state index contributed by atoms with van der Waals surface area (Å²) in [5.74, 6) is -0.750. The zero-order valence-electron chi connectivity index (χ0n) is 16.9. The lowest BCUT2D eigenvalue weighted by Crippen LogP contribution is -2.40. The molecular weight excluding hydrogens is 390 g/mol. The van der Waals surface area contributed by atoms with E-state index in [2.05, 4.69) is 10.6 Å². The van der Waals surface area contributed by atoms with Crippen LogP contribution in [0.3, 0.4) is 0 Å². The first-order valence-corrected chi connectivity index (χ1v) is 10.4. The Labute approximate surface area is 175 Å². The van der Waals surface area contributed by atoms with Gasteiger partial charge in [-0.1, -0.05) is 13.0 Å². The van der Waals surface area contributed by atoms with E-state index >= 15 is 0 Å². The Bertz CT molecular complexity index is 804. The monoisotopic (exact) mass is 417 g/mol. The normalized spacial score (nSPS) is 10.8. The summed E-state index contributed by atoms with van der Waals surface area (Å²) in [7, 11) is 0. The Morgan fingerprint density at radius 3 is 2.34 bits per heavy atom. The molecule has 7 nitrogen and oxygen atoms in total. The number of carbonyl (C=O) groups excluding carboxylic acids is 3. The molecule has 0 atom stereocenters. The maximum Gasteiger partial charge on any atom is 0.338 e. The number of nitrogens with one attached hydrogen (secondary N) is 2. The predicted molar refractivity (Wildman–Crippen MR) is 114 cm³/mol. The Kier molecular flexibility index (Phi) is 8.82. The third-order valence-electron chi connectivity index (χ3n) is 3.97. The lowest BCUT2D eigenvalue weighted by Gasteiger charge is -2.19. The van der Waals surface area contributed by atoms with E-state index in [0.29, 0.717) is 24.3 Å². The van der Waals surface area contributed by atoms with Crippen molar-refractivity contribution in [2.45, 2.75) is 33.4 Å². The molecule has 0 spiro atoms. The van der Waals surface area contributed by atoms with Gasteiger partial charge in [-0.25, -0.2) is 4.79 Å². The second kappa shape index (κ2) is 11.3. The number of anilines is 1. The standard InChI is InChI=1S/C21H27N3O4S/c1-4-24(13-19(25)22-12-18-6-5-11-29-18)14-20(26)23-17-9-7-16(8-10-17)21(27)28-15(2)3/h5-11,15H,4,12-14H2,1-3H3,(H,22,25)(H,23,26). The van der Waals surface area contributed by atoms with E-state index in [0.717, 1.165) is 4.88 Å². The molecule has 0 aliphatic rings. The molecule has 2 aromatic rings. The highest BCUT2D eigenvalue weighted by Gasteiger charge is 2.14. The van der Waals surface area contributed by atoms with Crippen molar-refractivity contribution >= 4 is 34.8 Å². The highest BCUT2D eigenvalue weighted by molar-refractivity contribution is 7.09. The number of hydrogen-bond acceptors (Lipinski definition) is 6. The predicted octanol–water partition coefficient (Wildman–Crippen LogP) is 2.89. The van der Waals surface area contributed by atoms with E-state index in [1.807, 2.05) is 24.4 Å². The van der Waals surface area contributed by atoms with Gasteiger partial charge in [0.1, 0.15) is 0 Å². The van der Waals surface area contributed by atoms with Crippen LogP contribution in [0.25, 0.3) is 0 Å². The fourth-order valence-corrected chi connectivity index (χ4v) is 3.16. The third kappa shape index (κ3) is 8.05. The van der Waals surface area contributed by atoms with Crippen molar-refractivity contribution in [1.29, 1.82) is 0 Å². The number of hydrogen-bond donors (Lipinski definition) is 2. The van der Waals surface area contributed by atoms with Gasteiger partial charge >= 0.3 is 5.97 Å². The van der Waals surface area contributed by atoms with E-state index < -0.39 is 5.97 Å². The molecule has 8 heteroatoms. The molecule has 0 aliphatic carbocycles. The van der Waals surface area contributed by atoms with E-state index in [4.69, 9.17) is 4.74 Å². The van der Waals surface area contributed by atoms with Crippen LogP contribution in [0.5, 0.6) is 0 Å². The fraction of sp³-hybridized carbons (Fsp3) is 0.381. The molecule has 0 radical (unpaired) electrons. The van der Waals surface area contributed by atoms with Gasteiger partial charge in [-0.15, -0.1) is 11.3 Å². The molecule has 156 valence electrons. The molecule has 1 heterocycles.